The molecule has 3 N–H and O–H groups in total. The lowest BCUT2D eigenvalue weighted by Crippen LogP contribution is -2.23. The Bertz CT molecular complexity index is 992. The van der Waals surface area contributed by atoms with E-state index in [0.29, 0.717) is 15.1 Å². The lowest BCUT2D eigenvalue weighted by molar-refractivity contribution is 0.276. The van der Waals surface area contributed by atoms with Crippen LogP contribution in [0, 0.1) is 6.92 Å². The zero-order chi connectivity index (χ0) is 15.7. The summed E-state index contributed by atoms with van der Waals surface area (Å²) in [6, 6.07) is 7.63. The molecule has 0 saturated heterocycles. The van der Waals surface area contributed by atoms with Gasteiger partial charge in [-0.2, -0.15) is 0 Å². The summed E-state index contributed by atoms with van der Waals surface area (Å²) in [4.78, 5) is 33.2. The van der Waals surface area contributed by atoms with E-state index in [2.05, 4.69) is 15.0 Å². The number of nitrogens with one attached hydrogen (secondary N) is 2. The van der Waals surface area contributed by atoms with E-state index in [4.69, 9.17) is 0 Å². The van der Waals surface area contributed by atoms with Crippen LogP contribution in [0.4, 0.5) is 5.69 Å². The normalized spacial score (nSPS) is 12.2. The van der Waals surface area contributed by atoms with Gasteiger partial charge in [-0.15, -0.1) is 0 Å². The molecule has 7 nitrogen and oxygen atoms in total. The second kappa shape index (κ2) is 5.74. The summed E-state index contributed by atoms with van der Waals surface area (Å²) in [7, 11) is 0. The fourth-order valence-corrected chi connectivity index (χ4v) is 3.14. The van der Waals surface area contributed by atoms with Gasteiger partial charge >= 0.3 is 5.69 Å². The van der Waals surface area contributed by atoms with Crippen LogP contribution >= 0.6 is 11.3 Å². The van der Waals surface area contributed by atoms with Crippen LogP contribution in [-0.2, 0) is 6.54 Å². The number of H-pyrrole nitrogens is 2. The van der Waals surface area contributed by atoms with Crippen molar-refractivity contribution in [2.24, 2.45) is 4.99 Å². The fraction of sp³-hybridized carbons (Fsp3) is 0.214. The third-order valence-electron chi connectivity index (χ3n) is 3.16. The number of aromatic nitrogens is 3. The first-order chi connectivity index (χ1) is 10.6. The van der Waals surface area contributed by atoms with E-state index in [1.165, 1.54) is 11.3 Å². The largest absolute Gasteiger partial charge is 0.395 e. The Morgan fingerprint density at radius 2 is 1.95 bits per heavy atom. The molecule has 0 aliphatic heterocycles. The number of aromatic amines is 2. The number of aliphatic hydroxyl groups excluding tert-OH is 1. The van der Waals surface area contributed by atoms with E-state index in [0.717, 1.165) is 11.3 Å². The summed E-state index contributed by atoms with van der Waals surface area (Å²) in [5.74, 6) is 0. The molecule has 0 amide bonds. The molecule has 3 rings (SSSR count). The van der Waals surface area contributed by atoms with Gasteiger partial charge in [0.1, 0.15) is 10.3 Å². The molecule has 0 bridgehead atoms. The third kappa shape index (κ3) is 2.66. The van der Waals surface area contributed by atoms with Crippen LogP contribution in [0.2, 0.25) is 0 Å². The van der Waals surface area contributed by atoms with Gasteiger partial charge in [0.15, 0.2) is 4.80 Å². The molecule has 0 saturated carbocycles. The van der Waals surface area contributed by atoms with Crippen LogP contribution in [0.3, 0.4) is 0 Å². The maximum Gasteiger partial charge on any atom is 0.327 e. The maximum atomic E-state index is 11.9. The number of hydrogen-bond acceptors (Lipinski definition) is 5. The summed E-state index contributed by atoms with van der Waals surface area (Å²) in [5, 5.41) is 9.23. The van der Waals surface area contributed by atoms with Crippen molar-refractivity contribution in [3.63, 3.8) is 0 Å². The van der Waals surface area contributed by atoms with Crippen LogP contribution in [0.25, 0.3) is 10.3 Å². The highest BCUT2D eigenvalue weighted by atomic mass is 32.1. The zero-order valence-corrected chi connectivity index (χ0v) is 12.6. The second-order valence-electron chi connectivity index (χ2n) is 4.79. The molecule has 0 unspecified atom stereocenters. The SMILES string of the molecule is Cc1ccc(N=c2sc3c(=O)[nH]c(=O)[nH]c3n2CCO)cc1. The Morgan fingerprint density at radius 3 is 2.64 bits per heavy atom. The molecule has 2 aromatic heterocycles. The van der Waals surface area contributed by atoms with Gasteiger partial charge in [0, 0.05) is 6.54 Å². The molecule has 114 valence electrons. The van der Waals surface area contributed by atoms with Crippen molar-refractivity contribution in [2.75, 3.05) is 6.61 Å². The van der Waals surface area contributed by atoms with Crippen molar-refractivity contribution in [1.29, 1.82) is 0 Å². The Kier molecular flexibility index (Phi) is 3.78. The standard InChI is InChI=1S/C14H14N4O3S/c1-8-2-4-9(5-3-8)15-14-18(6-7-19)11-10(22-14)12(20)17-13(21)16-11/h2-5,19H,6-7H2,1H3,(H2,16,17,20,21). The smallest absolute Gasteiger partial charge is 0.327 e. The van der Waals surface area contributed by atoms with Crippen LogP contribution in [-0.4, -0.2) is 26.2 Å². The van der Waals surface area contributed by atoms with Crippen LogP contribution in [0.15, 0.2) is 38.8 Å². The monoisotopic (exact) mass is 318 g/mol. The minimum atomic E-state index is -0.580. The molecule has 2 heterocycles. The van der Waals surface area contributed by atoms with Crippen LogP contribution < -0.4 is 16.1 Å². The molecule has 0 aliphatic rings. The number of benzene rings is 1. The summed E-state index contributed by atoms with van der Waals surface area (Å²) in [6.45, 7) is 2.10. The molecule has 0 radical (unpaired) electrons. The molecule has 0 aliphatic carbocycles. The van der Waals surface area contributed by atoms with Gasteiger partial charge in [0.2, 0.25) is 0 Å². The van der Waals surface area contributed by atoms with Gasteiger partial charge in [-0.05, 0) is 19.1 Å². The molecule has 22 heavy (non-hydrogen) atoms. The van der Waals surface area contributed by atoms with Crippen LogP contribution in [0.1, 0.15) is 5.56 Å². The first-order valence-corrected chi connectivity index (χ1v) is 7.48. The molecule has 0 spiro atoms. The highest BCUT2D eigenvalue weighted by Crippen LogP contribution is 2.14. The molecule has 0 atom stereocenters. The highest BCUT2D eigenvalue weighted by Gasteiger charge is 2.10. The number of rotatable bonds is 3. The average molecular weight is 318 g/mol. The van der Waals surface area contributed by atoms with E-state index >= 15 is 0 Å². The Balaban J connectivity index is 2.31. The van der Waals surface area contributed by atoms with Crippen LogP contribution in [0.5, 0.6) is 0 Å². The van der Waals surface area contributed by atoms with E-state index in [1.54, 1.807) is 4.57 Å². The number of thiazole rings is 1. The van der Waals surface area contributed by atoms with Crippen molar-refractivity contribution >= 4 is 27.4 Å². The second-order valence-corrected chi connectivity index (χ2v) is 5.77. The Hall–Kier alpha value is -2.45. The van der Waals surface area contributed by atoms with Gasteiger partial charge in [-0.3, -0.25) is 14.8 Å². The third-order valence-corrected chi connectivity index (χ3v) is 4.23. The van der Waals surface area contributed by atoms with Gasteiger partial charge < -0.3 is 9.67 Å². The fourth-order valence-electron chi connectivity index (χ4n) is 2.11. The predicted molar refractivity (Wildman–Crippen MR) is 84.5 cm³/mol. The number of aryl methyl sites for hydroxylation is 1. The summed E-state index contributed by atoms with van der Waals surface area (Å²) < 4.78 is 2.01. The van der Waals surface area contributed by atoms with Crippen molar-refractivity contribution < 1.29 is 5.11 Å². The lowest BCUT2D eigenvalue weighted by atomic mass is 10.2. The minimum Gasteiger partial charge on any atom is -0.395 e. The first kappa shape index (κ1) is 14.5. The topological polar surface area (TPSA) is 103 Å². The molecule has 8 heteroatoms. The molecule has 1 aromatic carbocycles. The lowest BCUT2D eigenvalue weighted by Gasteiger charge is -2.01. The van der Waals surface area contributed by atoms with E-state index in [-0.39, 0.29) is 13.2 Å². The summed E-state index contributed by atoms with van der Waals surface area (Å²) in [5.41, 5.74) is 1.20. The Labute approximate surface area is 128 Å². The Morgan fingerprint density at radius 1 is 1.23 bits per heavy atom. The number of fused-ring (bicyclic) bond motifs is 1. The number of hydrogen-bond donors (Lipinski definition) is 3. The van der Waals surface area contributed by atoms with Crippen molar-refractivity contribution in [1.82, 2.24) is 14.5 Å². The maximum absolute atomic E-state index is 11.9. The van der Waals surface area contributed by atoms with Gasteiger partial charge in [0.05, 0.1) is 12.3 Å². The molecular weight excluding hydrogens is 304 g/mol. The molecule has 3 aromatic rings. The highest BCUT2D eigenvalue weighted by molar-refractivity contribution is 7.16. The molecule has 0 fully saturated rings. The average Bonchev–Trinajstić information content (AvgIpc) is 2.81. The first-order valence-electron chi connectivity index (χ1n) is 6.66. The quantitative estimate of drug-likeness (QED) is 0.659. The number of nitrogens with zero attached hydrogens (tertiary/aromatic N) is 2. The van der Waals surface area contributed by atoms with Crippen molar-refractivity contribution in [3.05, 3.63) is 55.5 Å². The van der Waals surface area contributed by atoms with Gasteiger partial charge in [0.25, 0.3) is 5.56 Å². The van der Waals surface area contributed by atoms with E-state index in [1.807, 2.05) is 31.2 Å². The summed E-state index contributed by atoms with van der Waals surface area (Å²) >= 11 is 1.17. The zero-order valence-electron chi connectivity index (χ0n) is 11.8. The number of aliphatic hydroxyl groups is 1. The predicted octanol–water partition coefficient (Wildman–Crippen LogP) is 0.613. The van der Waals surface area contributed by atoms with Gasteiger partial charge in [-0.1, -0.05) is 29.0 Å². The minimum absolute atomic E-state index is 0.123. The van der Waals surface area contributed by atoms with E-state index < -0.39 is 11.2 Å². The van der Waals surface area contributed by atoms with Crippen molar-refractivity contribution in [2.45, 2.75) is 13.5 Å². The van der Waals surface area contributed by atoms with Crippen molar-refractivity contribution in [3.8, 4) is 0 Å². The molecular formula is C14H14N4O3S. The van der Waals surface area contributed by atoms with Gasteiger partial charge in [-0.25, -0.2) is 9.79 Å². The van der Waals surface area contributed by atoms with E-state index in [9.17, 15) is 14.7 Å². The summed E-state index contributed by atoms with van der Waals surface area (Å²) in [6.07, 6.45) is 0.